The highest BCUT2D eigenvalue weighted by Crippen LogP contribution is 2.02. The standard InChI is InChI=1S/C10H12FN3/c1-2-3-4-5-6-12-10-7-9(11)13-8-14-10/h1,7-8H,3-6H2,(H,12,13,14). The van der Waals surface area contributed by atoms with Gasteiger partial charge in [0.2, 0.25) is 5.95 Å². The van der Waals surface area contributed by atoms with E-state index in [0.29, 0.717) is 5.82 Å². The fraction of sp³-hybridized carbons (Fsp3) is 0.400. The first kappa shape index (κ1) is 10.5. The minimum absolute atomic E-state index is 0.512. The molecule has 0 saturated carbocycles. The first-order chi connectivity index (χ1) is 6.83. The lowest BCUT2D eigenvalue weighted by atomic mass is 10.2. The Morgan fingerprint density at radius 2 is 2.29 bits per heavy atom. The SMILES string of the molecule is C#CCCCCNc1cc(F)ncn1. The van der Waals surface area contributed by atoms with Crippen LogP contribution in [-0.2, 0) is 0 Å². The minimum Gasteiger partial charge on any atom is -0.370 e. The zero-order chi connectivity index (χ0) is 10.2. The average molecular weight is 193 g/mol. The van der Waals surface area contributed by atoms with Crippen molar-refractivity contribution in [3.63, 3.8) is 0 Å². The number of halogens is 1. The van der Waals surface area contributed by atoms with Crippen LogP contribution in [0.15, 0.2) is 12.4 Å². The molecule has 0 aliphatic heterocycles. The molecule has 0 amide bonds. The summed E-state index contributed by atoms with van der Waals surface area (Å²) in [6.45, 7) is 0.748. The zero-order valence-corrected chi connectivity index (χ0v) is 7.83. The molecule has 0 aliphatic carbocycles. The van der Waals surface area contributed by atoms with Gasteiger partial charge in [0.1, 0.15) is 12.1 Å². The Bertz CT molecular complexity index is 319. The Labute approximate surface area is 82.8 Å². The van der Waals surface area contributed by atoms with Crippen molar-refractivity contribution in [3.8, 4) is 12.3 Å². The van der Waals surface area contributed by atoms with Gasteiger partial charge in [-0.3, -0.25) is 0 Å². The highest BCUT2D eigenvalue weighted by atomic mass is 19.1. The molecular weight excluding hydrogens is 181 g/mol. The van der Waals surface area contributed by atoms with Gasteiger partial charge < -0.3 is 5.32 Å². The molecule has 74 valence electrons. The van der Waals surface area contributed by atoms with E-state index in [1.807, 2.05) is 0 Å². The zero-order valence-electron chi connectivity index (χ0n) is 7.83. The van der Waals surface area contributed by atoms with Crippen molar-refractivity contribution in [1.82, 2.24) is 9.97 Å². The van der Waals surface area contributed by atoms with Crippen molar-refractivity contribution in [3.05, 3.63) is 18.3 Å². The Kier molecular flexibility index (Phi) is 4.42. The fourth-order valence-electron chi connectivity index (χ4n) is 0.999. The van der Waals surface area contributed by atoms with Gasteiger partial charge in [-0.2, -0.15) is 4.39 Å². The van der Waals surface area contributed by atoms with E-state index in [2.05, 4.69) is 21.2 Å². The predicted octanol–water partition coefficient (Wildman–Crippen LogP) is 1.83. The van der Waals surface area contributed by atoms with E-state index < -0.39 is 5.95 Å². The summed E-state index contributed by atoms with van der Waals surface area (Å²) in [5.41, 5.74) is 0. The molecule has 14 heavy (non-hydrogen) atoms. The lowest BCUT2D eigenvalue weighted by molar-refractivity contribution is 0.580. The fourth-order valence-corrected chi connectivity index (χ4v) is 0.999. The summed E-state index contributed by atoms with van der Waals surface area (Å²) in [7, 11) is 0. The second-order valence-corrected chi connectivity index (χ2v) is 2.81. The van der Waals surface area contributed by atoms with Crippen LogP contribution < -0.4 is 5.32 Å². The second-order valence-electron chi connectivity index (χ2n) is 2.81. The van der Waals surface area contributed by atoms with Gasteiger partial charge in [-0.05, 0) is 12.8 Å². The van der Waals surface area contributed by atoms with Crippen molar-refractivity contribution >= 4 is 5.82 Å². The molecule has 0 aliphatic rings. The lowest BCUT2D eigenvalue weighted by Crippen LogP contribution is -2.03. The largest absolute Gasteiger partial charge is 0.370 e. The number of terminal acetylenes is 1. The van der Waals surface area contributed by atoms with Crippen molar-refractivity contribution in [2.24, 2.45) is 0 Å². The number of nitrogens with one attached hydrogen (secondary N) is 1. The molecule has 1 N–H and O–H groups in total. The number of unbranched alkanes of at least 4 members (excludes halogenated alkanes) is 2. The van der Waals surface area contributed by atoms with Gasteiger partial charge in [0.15, 0.2) is 0 Å². The molecule has 0 atom stereocenters. The molecular formula is C10H12FN3. The first-order valence-electron chi connectivity index (χ1n) is 4.48. The molecule has 1 aromatic rings. The monoisotopic (exact) mass is 193 g/mol. The molecule has 1 rings (SSSR count). The van der Waals surface area contributed by atoms with Gasteiger partial charge in [0, 0.05) is 19.0 Å². The molecule has 0 fully saturated rings. The molecule has 0 spiro atoms. The summed E-state index contributed by atoms with van der Waals surface area (Å²) in [5, 5.41) is 2.98. The third kappa shape index (κ3) is 3.85. The van der Waals surface area contributed by atoms with E-state index >= 15 is 0 Å². The first-order valence-corrected chi connectivity index (χ1v) is 4.48. The normalized spacial score (nSPS) is 9.43. The summed E-state index contributed by atoms with van der Waals surface area (Å²) in [5.74, 6) is 2.55. The van der Waals surface area contributed by atoms with Crippen LogP contribution in [0.4, 0.5) is 10.2 Å². The summed E-state index contributed by atoms with van der Waals surface area (Å²) in [6, 6.07) is 1.27. The van der Waals surface area contributed by atoms with Crippen LogP contribution in [0.25, 0.3) is 0 Å². The topological polar surface area (TPSA) is 37.8 Å². The van der Waals surface area contributed by atoms with E-state index in [0.717, 1.165) is 25.8 Å². The summed E-state index contributed by atoms with van der Waals surface area (Å²) in [4.78, 5) is 7.21. The van der Waals surface area contributed by atoms with Crippen molar-refractivity contribution in [2.45, 2.75) is 19.3 Å². The Morgan fingerprint density at radius 3 is 3.00 bits per heavy atom. The second kappa shape index (κ2) is 5.92. The van der Waals surface area contributed by atoms with E-state index in [1.54, 1.807) is 0 Å². The third-order valence-corrected chi connectivity index (χ3v) is 1.69. The maximum atomic E-state index is 12.6. The van der Waals surface area contributed by atoms with E-state index in [4.69, 9.17) is 6.42 Å². The van der Waals surface area contributed by atoms with E-state index in [-0.39, 0.29) is 0 Å². The molecule has 1 heterocycles. The number of aromatic nitrogens is 2. The molecule has 3 nitrogen and oxygen atoms in total. The van der Waals surface area contributed by atoms with Crippen LogP contribution in [-0.4, -0.2) is 16.5 Å². The maximum absolute atomic E-state index is 12.6. The molecule has 0 saturated heterocycles. The van der Waals surface area contributed by atoms with Gasteiger partial charge in [-0.15, -0.1) is 12.3 Å². The van der Waals surface area contributed by atoms with E-state index in [9.17, 15) is 4.39 Å². The molecule has 1 aromatic heterocycles. The quantitative estimate of drug-likeness (QED) is 0.440. The third-order valence-electron chi connectivity index (χ3n) is 1.69. The van der Waals surface area contributed by atoms with Crippen LogP contribution in [0.1, 0.15) is 19.3 Å². The number of anilines is 1. The Hall–Kier alpha value is -1.63. The van der Waals surface area contributed by atoms with Crippen LogP contribution in [0.3, 0.4) is 0 Å². The average Bonchev–Trinajstić information content (AvgIpc) is 2.18. The molecule has 4 heteroatoms. The van der Waals surface area contributed by atoms with Gasteiger partial charge in [-0.25, -0.2) is 9.97 Å². The summed E-state index contributed by atoms with van der Waals surface area (Å²) >= 11 is 0. The predicted molar refractivity (Wildman–Crippen MR) is 53.2 cm³/mol. The molecule has 0 bridgehead atoms. The number of nitrogens with zero attached hydrogens (tertiary/aromatic N) is 2. The van der Waals surface area contributed by atoms with Crippen LogP contribution in [0.5, 0.6) is 0 Å². The number of hydrogen-bond acceptors (Lipinski definition) is 3. The van der Waals surface area contributed by atoms with Gasteiger partial charge >= 0.3 is 0 Å². The van der Waals surface area contributed by atoms with Crippen LogP contribution in [0.2, 0.25) is 0 Å². The highest BCUT2D eigenvalue weighted by molar-refractivity contribution is 5.31. The van der Waals surface area contributed by atoms with Gasteiger partial charge in [0.25, 0.3) is 0 Å². The Balaban J connectivity index is 2.22. The molecule has 0 unspecified atom stereocenters. The van der Waals surface area contributed by atoms with Crippen molar-refractivity contribution in [2.75, 3.05) is 11.9 Å². The number of hydrogen-bond donors (Lipinski definition) is 1. The number of rotatable bonds is 5. The van der Waals surface area contributed by atoms with Crippen LogP contribution >= 0.6 is 0 Å². The summed E-state index contributed by atoms with van der Waals surface area (Å²) < 4.78 is 12.6. The Morgan fingerprint density at radius 1 is 1.43 bits per heavy atom. The molecule has 0 radical (unpaired) electrons. The van der Waals surface area contributed by atoms with Crippen LogP contribution in [0, 0.1) is 18.3 Å². The summed E-state index contributed by atoms with van der Waals surface area (Å²) in [6.07, 6.45) is 9.00. The van der Waals surface area contributed by atoms with Crippen molar-refractivity contribution in [1.29, 1.82) is 0 Å². The maximum Gasteiger partial charge on any atom is 0.217 e. The lowest BCUT2D eigenvalue weighted by Gasteiger charge is -2.03. The minimum atomic E-state index is -0.522. The van der Waals surface area contributed by atoms with Gasteiger partial charge in [0.05, 0.1) is 0 Å². The van der Waals surface area contributed by atoms with E-state index in [1.165, 1.54) is 12.4 Å². The molecule has 0 aromatic carbocycles. The smallest absolute Gasteiger partial charge is 0.217 e. The van der Waals surface area contributed by atoms with Gasteiger partial charge in [-0.1, -0.05) is 0 Å². The highest BCUT2D eigenvalue weighted by Gasteiger charge is 1.95. The van der Waals surface area contributed by atoms with Crippen molar-refractivity contribution < 1.29 is 4.39 Å².